The van der Waals surface area contributed by atoms with Crippen LogP contribution in [-0.4, -0.2) is 31.2 Å². The van der Waals surface area contributed by atoms with Crippen molar-refractivity contribution >= 4 is 0 Å². The molecule has 0 saturated carbocycles. The number of aromatic nitrogens is 4. The minimum atomic E-state index is 0.00757. The van der Waals surface area contributed by atoms with Crippen molar-refractivity contribution < 1.29 is 0 Å². The Morgan fingerprint density at radius 1 is 1.15 bits per heavy atom. The molecule has 0 atom stereocenters. The molecule has 3 heterocycles. The first-order valence-electron chi connectivity index (χ1n) is 9.48. The fraction of sp³-hybridized carbons (Fsp3) is 0.381. The van der Waals surface area contributed by atoms with E-state index in [-0.39, 0.29) is 11.5 Å². The van der Waals surface area contributed by atoms with Crippen molar-refractivity contribution in [2.45, 2.75) is 45.8 Å². The highest BCUT2D eigenvalue weighted by atomic mass is 16.1. The average molecular weight is 363 g/mol. The Hall–Kier alpha value is -2.73. The lowest BCUT2D eigenvalue weighted by Gasteiger charge is -2.27. The SMILES string of the molecule is CC(C)c1nc2c(c(=O)[nH]1)CN(Cc1cnn(Cc3ccccc3)c1)CC2. The molecule has 1 aromatic carbocycles. The molecule has 0 spiro atoms. The Balaban J connectivity index is 1.44. The van der Waals surface area contributed by atoms with E-state index in [9.17, 15) is 4.79 Å². The number of nitrogens with one attached hydrogen (secondary N) is 1. The Morgan fingerprint density at radius 2 is 1.96 bits per heavy atom. The second kappa shape index (κ2) is 7.48. The van der Waals surface area contributed by atoms with Crippen molar-refractivity contribution in [3.63, 3.8) is 0 Å². The first kappa shape index (κ1) is 17.7. The average Bonchev–Trinajstić information content (AvgIpc) is 3.09. The van der Waals surface area contributed by atoms with Gasteiger partial charge in [-0.2, -0.15) is 5.10 Å². The molecule has 0 fully saturated rings. The molecule has 4 rings (SSSR count). The Kier molecular flexibility index (Phi) is 4.90. The quantitative estimate of drug-likeness (QED) is 0.757. The normalized spacial score (nSPS) is 14.5. The van der Waals surface area contributed by atoms with Gasteiger partial charge in [0.1, 0.15) is 5.82 Å². The maximum absolute atomic E-state index is 12.5. The van der Waals surface area contributed by atoms with Gasteiger partial charge in [-0.1, -0.05) is 44.2 Å². The van der Waals surface area contributed by atoms with Crippen molar-refractivity contribution in [2.75, 3.05) is 6.54 Å². The molecular formula is C21H25N5O. The predicted octanol–water partition coefficient (Wildman–Crippen LogP) is 2.70. The summed E-state index contributed by atoms with van der Waals surface area (Å²) in [7, 11) is 0. The van der Waals surface area contributed by atoms with Gasteiger partial charge in [0.25, 0.3) is 5.56 Å². The number of H-pyrrole nitrogens is 1. The van der Waals surface area contributed by atoms with E-state index in [2.05, 4.69) is 38.3 Å². The summed E-state index contributed by atoms with van der Waals surface area (Å²) in [5.41, 5.74) is 4.17. The first-order chi connectivity index (χ1) is 13.1. The third kappa shape index (κ3) is 4.01. The lowest BCUT2D eigenvalue weighted by atomic mass is 10.1. The summed E-state index contributed by atoms with van der Waals surface area (Å²) in [5, 5.41) is 4.48. The lowest BCUT2D eigenvalue weighted by molar-refractivity contribution is 0.241. The number of aromatic amines is 1. The molecule has 0 aliphatic carbocycles. The third-order valence-electron chi connectivity index (χ3n) is 4.99. The number of hydrogen-bond donors (Lipinski definition) is 1. The van der Waals surface area contributed by atoms with E-state index < -0.39 is 0 Å². The second-order valence-electron chi connectivity index (χ2n) is 7.52. The fourth-order valence-corrected chi connectivity index (χ4v) is 3.51. The molecular weight excluding hydrogens is 338 g/mol. The molecule has 27 heavy (non-hydrogen) atoms. The third-order valence-corrected chi connectivity index (χ3v) is 4.99. The van der Waals surface area contributed by atoms with Gasteiger partial charge in [0.2, 0.25) is 0 Å². The minimum Gasteiger partial charge on any atom is -0.310 e. The highest BCUT2D eigenvalue weighted by Crippen LogP contribution is 2.18. The van der Waals surface area contributed by atoms with Crippen molar-refractivity contribution in [1.82, 2.24) is 24.6 Å². The van der Waals surface area contributed by atoms with Crippen LogP contribution in [0.4, 0.5) is 0 Å². The van der Waals surface area contributed by atoms with Gasteiger partial charge in [-0.3, -0.25) is 14.4 Å². The number of rotatable bonds is 5. The molecule has 1 N–H and O–H groups in total. The van der Waals surface area contributed by atoms with Gasteiger partial charge in [-0.15, -0.1) is 0 Å². The van der Waals surface area contributed by atoms with Crippen molar-refractivity contribution in [3.8, 4) is 0 Å². The standard InChI is InChI=1S/C21H25N5O/c1-15(2)20-23-19-8-9-25(14-18(19)21(27)24-20)11-17-10-22-26(13-17)12-16-6-4-3-5-7-16/h3-7,10,13,15H,8-9,11-12,14H2,1-2H3,(H,23,24,27). The van der Waals surface area contributed by atoms with Gasteiger partial charge >= 0.3 is 0 Å². The molecule has 6 nitrogen and oxygen atoms in total. The second-order valence-corrected chi connectivity index (χ2v) is 7.52. The van der Waals surface area contributed by atoms with E-state index in [4.69, 9.17) is 0 Å². The van der Waals surface area contributed by atoms with Gasteiger partial charge in [-0.25, -0.2) is 4.98 Å². The van der Waals surface area contributed by atoms with Gasteiger partial charge in [0.15, 0.2) is 0 Å². The maximum Gasteiger partial charge on any atom is 0.255 e. The van der Waals surface area contributed by atoms with Gasteiger partial charge < -0.3 is 4.98 Å². The number of nitrogens with zero attached hydrogens (tertiary/aromatic N) is 4. The molecule has 0 amide bonds. The van der Waals surface area contributed by atoms with Crippen molar-refractivity contribution in [3.05, 3.63) is 81.3 Å². The van der Waals surface area contributed by atoms with Crippen LogP contribution < -0.4 is 5.56 Å². The summed E-state index contributed by atoms with van der Waals surface area (Å²) >= 11 is 0. The molecule has 3 aromatic rings. The van der Waals surface area contributed by atoms with Crippen LogP contribution in [0.2, 0.25) is 0 Å². The molecule has 6 heteroatoms. The van der Waals surface area contributed by atoms with E-state index in [1.165, 1.54) is 5.56 Å². The monoisotopic (exact) mass is 363 g/mol. The van der Waals surface area contributed by atoms with E-state index in [1.54, 1.807) is 0 Å². The van der Waals surface area contributed by atoms with Crippen LogP contribution in [-0.2, 0) is 26.1 Å². The Labute approximate surface area is 158 Å². The number of hydrogen-bond acceptors (Lipinski definition) is 4. The van der Waals surface area contributed by atoms with Gasteiger partial charge in [-0.05, 0) is 5.56 Å². The summed E-state index contributed by atoms with van der Waals surface area (Å²) < 4.78 is 1.96. The predicted molar refractivity (Wildman–Crippen MR) is 105 cm³/mol. The van der Waals surface area contributed by atoms with Crippen LogP contribution in [0.1, 0.15) is 48.0 Å². The zero-order chi connectivity index (χ0) is 18.8. The Bertz CT molecular complexity index is 974. The van der Waals surface area contributed by atoms with E-state index in [0.717, 1.165) is 48.7 Å². The van der Waals surface area contributed by atoms with Crippen LogP contribution in [0.3, 0.4) is 0 Å². The molecule has 0 bridgehead atoms. The van der Waals surface area contributed by atoms with E-state index in [1.807, 2.05) is 42.9 Å². The lowest BCUT2D eigenvalue weighted by Crippen LogP contribution is -2.35. The first-order valence-corrected chi connectivity index (χ1v) is 9.48. The van der Waals surface area contributed by atoms with Gasteiger partial charge in [0.05, 0.1) is 24.0 Å². The van der Waals surface area contributed by atoms with Crippen molar-refractivity contribution in [2.24, 2.45) is 0 Å². The van der Waals surface area contributed by atoms with E-state index in [0.29, 0.717) is 6.54 Å². The molecule has 1 aliphatic rings. The minimum absolute atomic E-state index is 0.00757. The molecule has 140 valence electrons. The van der Waals surface area contributed by atoms with Gasteiger partial charge in [0, 0.05) is 43.7 Å². The van der Waals surface area contributed by atoms with Crippen LogP contribution in [0.25, 0.3) is 0 Å². The van der Waals surface area contributed by atoms with Crippen LogP contribution >= 0.6 is 0 Å². The largest absolute Gasteiger partial charge is 0.310 e. The molecule has 0 saturated heterocycles. The zero-order valence-corrected chi connectivity index (χ0v) is 15.9. The summed E-state index contributed by atoms with van der Waals surface area (Å²) in [6.45, 7) is 7.20. The fourth-order valence-electron chi connectivity index (χ4n) is 3.51. The zero-order valence-electron chi connectivity index (χ0n) is 15.9. The maximum atomic E-state index is 12.5. The molecule has 0 radical (unpaired) electrons. The molecule has 0 unspecified atom stereocenters. The Morgan fingerprint density at radius 3 is 2.74 bits per heavy atom. The van der Waals surface area contributed by atoms with Crippen LogP contribution in [0.15, 0.2) is 47.5 Å². The number of benzene rings is 1. The molecule has 2 aromatic heterocycles. The summed E-state index contributed by atoms with van der Waals surface area (Å²) in [6, 6.07) is 10.3. The number of fused-ring (bicyclic) bond motifs is 1. The molecule has 1 aliphatic heterocycles. The summed E-state index contributed by atoms with van der Waals surface area (Å²) in [5.74, 6) is 1.02. The smallest absolute Gasteiger partial charge is 0.255 e. The van der Waals surface area contributed by atoms with E-state index >= 15 is 0 Å². The summed E-state index contributed by atoms with van der Waals surface area (Å²) in [6.07, 6.45) is 4.83. The van der Waals surface area contributed by atoms with Crippen molar-refractivity contribution in [1.29, 1.82) is 0 Å². The highest BCUT2D eigenvalue weighted by Gasteiger charge is 2.22. The topological polar surface area (TPSA) is 66.8 Å². The van der Waals surface area contributed by atoms with Crippen LogP contribution in [0.5, 0.6) is 0 Å². The van der Waals surface area contributed by atoms with Crippen LogP contribution in [0, 0.1) is 0 Å². The highest BCUT2D eigenvalue weighted by molar-refractivity contribution is 5.22. The summed E-state index contributed by atoms with van der Waals surface area (Å²) in [4.78, 5) is 22.4.